The molecular formula is C14H17NO3. The molecule has 96 valence electrons. The monoisotopic (exact) mass is 247 g/mol. The Hall–Kier alpha value is -1.65. The smallest absolute Gasteiger partial charge is 0.321 e. The van der Waals surface area contributed by atoms with Gasteiger partial charge in [0.25, 0.3) is 0 Å². The minimum atomic E-state index is -0.861. The van der Waals surface area contributed by atoms with Crippen molar-refractivity contribution in [3.63, 3.8) is 0 Å². The molecule has 0 amide bonds. The molecule has 0 aromatic heterocycles. The summed E-state index contributed by atoms with van der Waals surface area (Å²) < 4.78 is 0. The zero-order chi connectivity index (χ0) is 13.0. The van der Waals surface area contributed by atoms with Crippen LogP contribution in [0.3, 0.4) is 0 Å². The van der Waals surface area contributed by atoms with Gasteiger partial charge in [0.15, 0.2) is 0 Å². The maximum Gasteiger partial charge on any atom is 0.321 e. The maximum atomic E-state index is 11.0. The summed E-state index contributed by atoms with van der Waals surface area (Å²) in [6, 6.07) is 9.28. The van der Waals surface area contributed by atoms with E-state index in [1.165, 1.54) is 0 Å². The van der Waals surface area contributed by atoms with Crippen molar-refractivity contribution in [2.45, 2.75) is 18.6 Å². The summed E-state index contributed by atoms with van der Waals surface area (Å²) in [5.74, 6) is -0.861. The average Bonchev–Trinajstić information content (AvgIpc) is 2.72. The van der Waals surface area contributed by atoms with Crippen LogP contribution in [0, 0.1) is 0 Å². The average molecular weight is 247 g/mol. The number of hydrogen-bond acceptors (Lipinski definition) is 3. The van der Waals surface area contributed by atoms with E-state index in [0.29, 0.717) is 19.5 Å². The molecule has 4 heteroatoms. The van der Waals surface area contributed by atoms with Gasteiger partial charge < -0.3 is 10.2 Å². The second kappa shape index (κ2) is 5.80. The molecule has 1 aliphatic heterocycles. The van der Waals surface area contributed by atoms with Crippen LogP contribution >= 0.6 is 0 Å². The lowest BCUT2D eigenvalue weighted by Gasteiger charge is -2.18. The number of β-amino-alcohol motifs (C(OH)–C–C–N with tert-alkyl or cyclic N) is 1. The van der Waals surface area contributed by atoms with Crippen LogP contribution in [-0.4, -0.2) is 46.3 Å². The van der Waals surface area contributed by atoms with Gasteiger partial charge in [-0.1, -0.05) is 42.5 Å². The summed E-state index contributed by atoms with van der Waals surface area (Å²) in [5.41, 5.74) is 1.09. The van der Waals surface area contributed by atoms with Crippen molar-refractivity contribution >= 4 is 12.0 Å². The van der Waals surface area contributed by atoms with Crippen molar-refractivity contribution in [3.8, 4) is 0 Å². The number of aliphatic hydroxyl groups is 1. The van der Waals surface area contributed by atoms with E-state index in [0.717, 1.165) is 5.56 Å². The largest absolute Gasteiger partial charge is 0.480 e. The standard InChI is InChI=1S/C14H17NO3/c16-12-9-13(14(17)18)15(10-12)8-4-7-11-5-2-1-3-6-11/h1-7,12-13,16H,8-10H2,(H,17,18)/b7-4+. The molecule has 2 atom stereocenters. The summed E-state index contributed by atoms with van der Waals surface area (Å²) in [6.07, 6.45) is 3.68. The van der Waals surface area contributed by atoms with Crippen LogP contribution in [0.15, 0.2) is 36.4 Å². The van der Waals surface area contributed by atoms with Crippen LogP contribution in [-0.2, 0) is 4.79 Å². The number of carboxylic acids is 1. The predicted molar refractivity (Wildman–Crippen MR) is 69.1 cm³/mol. The summed E-state index contributed by atoms with van der Waals surface area (Å²) in [5, 5.41) is 18.5. The van der Waals surface area contributed by atoms with Gasteiger partial charge in [-0.15, -0.1) is 0 Å². The molecule has 18 heavy (non-hydrogen) atoms. The molecule has 0 spiro atoms. The van der Waals surface area contributed by atoms with Crippen molar-refractivity contribution in [1.29, 1.82) is 0 Å². The van der Waals surface area contributed by atoms with Crippen LogP contribution in [0.5, 0.6) is 0 Å². The van der Waals surface area contributed by atoms with E-state index in [1.54, 1.807) is 4.90 Å². The van der Waals surface area contributed by atoms with Crippen LogP contribution in [0.2, 0.25) is 0 Å². The number of aliphatic carboxylic acids is 1. The zero-order valence-corrected chi connectivity index (χ0v) is 10.1. The zero-order valence-electron chi connectivity index (χ0n) is 10.1. The van der Waals surface area contributed by atoms with Gasteiger partial charge in [-0.05, 0) is 5.56 Å². The van der Waals surface area contributed by atoms with Crippen molar-refractivity contribution in [2.75, 3.05) is 13.1 Å². The Morgan fingerprint density at radius 1 is 1.39 bits per heavy atom. The second-order valence-electron chi connectivity index (χ2n) is 4.51. The number of likely N-dealkylation sites (tertiary alicyclic amines) is 1. The third kappa shape index (κ3) is 3.18. The summed E-state index contributed by atoms with van der Waals surface area (Å²) in [6.45, 7) is 0.971. The summed E-state index contributed by atoms with van der Waals surface area (Å²) in [7, 11) is 0. The van der Waals surface area contributed by atoms with Crippen molar-refractivity contribution in [2.24, 2.45) is 0 Å². The van der Waals surface area contributed by atoms with E-state index < -0.39 is 18.1 Å². The quantitative estimate of drug-likeness (QED) is 0.840. The maximum absolute atomic E-state index is 11.0. The molecule has 1 aromatic carbocycles. The molecule has 1 aromatic rings. The molecule has 0 saturated carbocycles. The Kier molecular flexibility index (Phi) is 4.12. The highest BCUT2D eigenvalue weighted by Gasteiger charge is 2.34. The molecule has 1 fully saturated rings. The van der Waals surface area contributed by atoms with Gasteiger partial charge in [-0.3, -0.25) is 9.69 Å². The fourth-order valence-electron chi connectivity index (χ4n) is 2.23. The Balaban J connectivity index is 1.93. The van der Waals surface area contributed by atoms with E-state index in [4.69, 9.17) is 5.11 Å². The Bertz CT molecular complexity index is 430. The molecule has 2 unspecified atom stereocenters. The van der Waals surface area contributed by atoms with Crippen molar-refractivity contribution < 1.29 is 15.0 Å². The predicted octanol–water partition coefficient (Wildman–Crippen LogP) is 1.22. The fraction of sp³-hybridized carbons (Fsp3) is 0.357. The lowest BCUT2D eigenvalue weighted by molar-refractivity contribution is -0.142. The molecule has 2 rings (SSSR count). The first-order chi connectivity index (χ1) is 8.66. The van der Waals surface area contributed by atoms with Crippen LogP contribution in [0.25, 0.3) is 6.08 Å². The van der Waals surface area contributed by atoms with E-state index in [-0.39, 0.29) is 0 Å². The number of aliphatic hydroxyl groups excluding tert-OH is 1. The van der Waals surface area contributed by atoms with Gasteiger partial charge in [0, 0.05) is 19.5 Å². The van der Waals surface area contributed by atoms with Gasteiger partial charge in [0.2, 0.25) is 0 Å². The summed E-state index contributed by atoms with van der Waals surface area (Å²) >= 11 is 0. The van der Waals surface area contributed by atoms with Crippen molar-refractivity contribution in [1.82, 2.24) is 4.90 Å². The molecule has 1 heterocycles. The van der Waals surface area contributed by atoms with Gasteiger partial charge in [-0.25, -0.2) is 0 Å². The highest BCUT2D eigenvalue weighted by atomic mass is 16.4. The number of carbonyl (C=O) groups is 1. The first kappa shape index (κ1) is 12.8. The number of carboxylic acid groups (broad SMARTS) is 1. The molecular weight excluding hydrogens is 230 g/mol. The Morgan fingerprint density at radius 2 is 2.11 bits per heavy atom. The van der Waals surface area contributed by atoms with Crippen LogP contribution in [0.1, 0.15) is 12.0 Å². The third-order valence-corrected chi connectivity index (χ3v) is 3.12. The third-order valence-electron chi connectivity index (χ3n) is 3.12. The number of nitrogens with zero attached hydrogens (tertiary/aromatic N) is 1. The Labute approximate surface area is 106 Å². The number of hydrogen-bond donors (Lipinski definition) is 2. The number of benzene rings is 1. The van der Waals surface area contributed by atoms with Crippen LogP contribution in [0.4, 0.5) is 0 Å². The molecule has 0 bridgehead atoms. The lowest BCUT2D eigenvalue weighted by atomic mass is 10.2. The Morgan fingerprint density at radius 3 is 2.78 bits per heavy atom. The molecule has 4 nitrogen and oxygen atoms in total. The lowest BCUT2D eigenvalue weighted by Crippen LogP contribution is -2.35. The molecule has 2 N–H and O–H groups in total. The van der Waals surface area contributed by atoms with E-state index in [9.17, 15) is 9.90 Å². The molecule has 1 saturated heterocycles. The SMILES string of the molecule is O=C(O)C1CC(O)CN1C/C=C/c1ccccc1. The van der Waals surface area contributed by atoms with E-state index in [1.807, 2.05) is 42.5 Å². The van der Waals surface area contributed by atoms with Gasteiger partial charge in [0.05, 0.1) is 6.10 Å². The first-order valence-electron chi connectivity index (χ1n) is 6.03. The van der Waals surface area contributed by atoms with Crippen LogP contribution < -0.4 is 0 Å². The van der Waals surface area contributed by atoms with Gasteiger partial charge in [-0.2, -0.15) is 0 Å². The molecule has 1 aliphatic rings. The van der Waals surface area contributed by atoms with Crippen molar-refractivity contribution in [3.05, 3.63) is 42.0 Å². The minimum Gasteiger partial charge on any atom is -0.480 e. The topological polar surface area (TPSA) is 60.8 Å². The normalized spacial score (nSPS) is 24.7. The van der Waals surface area contributed by atoms with E-state index >= 15 is 0 Å². The minimum absolute atomic E-state index is 0.314. The first-order valence-corrected chi connectivity index (χ1v) is 6.03. The van der Waals surface area contributed by atoms with Gasteiger partial charge >= 0.3 is 5.97 Å². The highest BCUT2D eigenvalue weighted by molar-refractivity contribution is 5.74. The second-order valence-corrected chi connectivity index (χ2v) is 4.51. The summed E-state index contributed by atoms with van der Waals surface area (Å²) in [4.78, 5) is 12.8. The molecule has 0 aliphatic carbocycles. The number of rotatable bonds is 4. The highest BCUT2D eigenvalue weighted by Crippen LogP contribution is 2.18. The van der Waals surface area contributed by atoms with Gasteiger partial charge in [0.1, 0.15) is 6.04 Å². The fourth-order valence-corrected chi connectivity index (χ4v) is 2.23. The van der Waals surface area contributed by atoms with E-state index in [2.05, 4.69) is 0 Å². The molecule has 0 radical (unpaired) electrons.